The third kappa shape index (κ3) is 5.90. The lowest BCUT2D eigenvalue weighted by Gasteiger charge is -2.19. The molecule has 1 aromatic carbocycles. The minimum absolute atomic E-state index is 0.210. The van der Waals surface area contributed by atoms with Crippen LogP contribution in [0, 0.1) is 13.8 Å². The van der Waals surface area contributed by atoms with Gasteiger partial charge < -0.3 is 20.5 Å². The van der Waals surface area contributed by atoms with Crippen LogP contribution in [0.1, 0.15) is 37.5 Å². The molecule has 0 spiro atoms. The molecule has 0 saturated carbocycles. The molecule has 23 heavy (non-hydrogen) atoms. The number of aryl methyl sites for hydroxylation is 2. The average molecular weight is 322 g/mol. The van der Waals surface area contributed by atoms with Gasteiger partial charge in [-0.1, -0.05) is 0 Å². The summed E-state index contributed by atoms with van der Waals surface area (Å²) in [6.45, 7) is 9.10. The Hall–Kier alpha value is -2.08. The first-order valence-corrected chi connectivity index (χ1v) is 7.51. The lowest BCUT2D eigenvalue weighted by atomic mass is 9.96. The van der Waals surface area contributed by atoms with E-state index in [1.165, 1.54) is 0 Å². The molecule has 0 aromatic heterocycles. The molecule has 1 amide bonds. The molecule has 0 aliphatic carbocycles. The van der Waals surface area contributed by atoms with E-state index in [2.05, 4.69) is 5.32 Å². The zero-order valence-electron chi connectivity index (χ0n) is 14.6. The Morgan fingerprint density at radius 3 is 2.17 bits per heavy atom. The standard InChI is InChI=1S/C17H26N2O4/c1-10-7-12(22-16(21)23-17(3,4)5)8-11(2)13(10)9-14(18)15(20)19-6/h7-8,14H,9,18H2,1-6H3,(H,19,20)/t14-/m0/s1. The van der Waals surface area contributed by atoms with Crippen LogP contribution in [0.2, 0.25) is 0 Å². The van der Waals surface area contributed by atoms with Crippen LogP contribution in [0.5, 0.6) is 5.75 Å². The number of nitrogens with one attached hydrogen (secondary N) is 1. The van der Waals surface area contributed by atoms with E-state index in [0.717, 1.165) is 16.7 Å². The summed E-state index contributed by atoms with van der Waals surface area (Å²) in [5.74, 6) is 0.199. The van der Waals surface area contributed by atoms with Gasteiger partial charge in [0.2, 0.25) is 5.91 Å². The monoisotopic (exact) mass is 322 g/mol. The summed E-state index contributed by atoms with van der Waals surface area (Å²) < 4.78 is 10.3. The van der Waals surface area contributed by atoms with Crippen molar-refractivity contribution in [2.24, 2.45) is 5.73 Å². The maximum absolute atomic E-state index is 11.7. The van der Waals surface area contributed by atoms with Crippen molar-refractivity contribution in [1.82, 2.24) is 5.32 Å². The molecule has 0 aliphatic heterocycles. The fourth-order valence-corrected chi connectivity index (χ4v) is 2.20. The largest absolute Gasteiger partial charge is 0.514 e. The second-order valence-corrected chi connectivity index (χ2v) is 6.53. The van der Waals surface area contributed by atoms with Crippen molar-refractivity contribution in [2.75, 3.05) is 7.05 Å². The smallest absolute Gasteiger partial charge is 0.428 e. The molecule has 3 N–H and O–H groups in total. The van der Waals surface area contributed by atoms with Crippen LogP contribution >= 0.6 is 0 Å². The quantitative estimate of drug-likeness (QED) is 0.655. The van der Waals surface area contributed by atoms with Gasteiger partial charge in [0.15, 0.2) is 0 Å². The predicted molar refractivity (Wildman–Crippen MR) is 88.5 cm³/mol. The van der Waals surface area contributed by atoms with Gasteiger partial charge in [-0.15, -0.1) is 0 Å². The number of hydrogen-bond donors (Lipinski definition) is 2. The van der Waals surface area contributed by atoms with Gasteiger partial charge in [0.05, 0.1) is 6.04 Å². The topological polar surface area (TPSA) is 90.7 Å². The first kappa shape index (κ1) is 19.0. The van der Waals surface area contributed by atoms with Crippen LogP contribution in [0.15, 0.2) is 12.1 Å². The molecule has 0 unspecified atom stereocenters. The van der Waals surface area contributed by atoms with Gasteiger partial charge in [0.25, 0.3) is 0 Å². The summed E-state index contributed by atoms with van der Waals surface area (Å²) >= 11 is 0. The Bertz CT molecular complexity index is 568. The number of rotatable bonds is 4. The van der Waals surface area contributed by atoms with Gasteiger partial charge in [0.1, 0.15) is 11.4 Å². The van der Waals surface area contributed by atoms with Crippen molar-refractivity contribution in [3.05, 3.63) is 28.8 Å². The Morgan fingerprint density at radius 2 is 1.74 bits per heavy atom. The van der Waals surface area contributed by atoms with Gasteiger partial charge in [-0.3, -0.25) is 4.79 Å². The lowest BCUT2D eigenvalue weighted by Crippen LogP contribution is -2.40. The molecule has 0 saturated heterocycles. The van der Waals surface area contributed by atoms with E-state index in [1.54, 1.807) is 40.0 Å². The molecule has 1 atom stereocenters. The van der Waals surface area contributed by atoms with Crippen molar-refractivity contribution in [2.45, 2.75) is 52.7 Å². The maximum Gasteiger partial charge on any atom is 0.514 e. The van der Waals surface area contributed by atoms with E-state index in [0.29, 0.717) is 12.2 Å². The number of hydrogen-bond acceptors (Lipinski definition) is 5. The second-order valence-electron chi connectivity index (χ2n) is 6.53. The molecule has 1 aromatic rings. The normalized spacial score (nSPS) is 12.5. The van der Waals surface area contributed by atoms with Crippen molar-refractivity contribution < 1.29 is 19.1 Å². The van der Waals surface area contributed by atoms with Crippen LogP contribution in [-0.2, 0) is 16.0 Å². The second kappa shape index (κ2) is 7.46. The Balaban J connectivity index is 2.89. The third-order valence-electron chi connectivity index (χ3n) is 3.27. The van der Waals surface area contributed by atoms with Gasteiger partial charge in [-0.25, -0.2) is 4.79 Å². The Kier molecular flexibility index (Phi) is 6.15. The van der Waals surface area contributed by atoms with Crippen molar-refractivity contribution in [1.29, 1.82) is 0 Å². The first-order chi connectivity index (χ1) is 10.5. The number of nitrogens with two attached hydrogens (primary N) is 1. The minimum Gasteiger partial charge on any atom is -0.428 e. The highest BCUT2D eigenvalue weighted by molar-refractivity contribution is 5.81. The molecule has 128 valence electrons. The van der Waals surface area contributed by atoms with Crippen LogP contribution in [-0.4, -0.2) is 30.8 Å². The Morgan fingerprint density at radius 1 is 1.22 bits per heavy atom. The lowest BCUT2D eigenvalue weighted by molar-refractivity contribution is -0.121. The predicted octanol–water partition coefficient (Wildman–Crippen LogP) is 2.23. The van der Waals surface area contributed by atoms with E-state index in [4.69, 9.17) is 15.2 Å². The molecule has 0 fully saturated rings. The summed E-state index contributed by atoms with van der Waals surface area (Å²) in [4.78, 5) is 23.3. The van der Waals surface area contributed by atoms with Crippen molar-refractivity contribution >= 4 is 12.1 Å². The zero-order chi connectivity index (χ0) is 17.8. The fraction of sp³-hybridized carbons (Fsp3) is 0.529. The van der Waals surface area contributed by atoms with E-state index < -0.39 is 17.8 Å². The summed E-state index contributed by atoms with van der Waals surface area (Å²) in [5.41, 5.74) is 8.04. The first-order valence-electron chi connectivity index (χ1n) is 7.51. The van der Waals surface area contributed by atoms with Gasteiger partial charge in [-0.2, -0.15) is 0 Å². The van der Waals surface area contributed by atoms with Gasteiger partial charge >= 0.3 is 6.16 Å². The molecule has 0 aliphatic rings. The SMILES string of the molecule is CNC(=O)[C@@H](N)Cc1c(C)cc(OC(=O)OC(C)(C)C)cc1C. The van der Waals surface area contributed by atoms with Crippen molar-refractivity contribution in [3.8, 4) is 5.75 Å². The highest BCUT2D eigenvalue weighted by Gasteiger charge is 2.20. The Labute approximate surface area is 137 Å². The van der Waals surface area contributed by atoms with Gasteiger partial charge in [-0.05, 0) is 69.9 Å². The van der Waals surface area contributed by atoms with Crippen LogP contribution in [0.25, 0.3) is 0 Å². The van der Waals surface area contributed by atoms with Crippen LogP contribution < -0.4 is 15.8 Å². The van der Waals surface area contributed by atoms with E-state index in [-0.39, 0.29) is 5.91 Å². The number of amides is 1. The van der Waals surface area contributed by atoms with E-state index in [1.807, 2.05) is 13.8 Å². The highest BCUT2D eigenvalue weighted by Crippen LogP contribution is 2.24. The molecular weight excluding hydrogens is 296 g/mol. The van der Waals surface area contributed by atoms with Crippen LogP contribution in [0.4, 0.5) is 4.79 Å². The summed E-state index contributed by atoms with van der Waals surface area (Å²) in [6.07, 6.45) is -0.324. The average Bonchev–Trinajstić information content (AvgIpc) is 2.39. The number of benzene rings is 1. The van der Waals surface area contributed by atoms with E-state index in [9.17, 15) is 9.59 Å². The molecule has 0 heterocycles. The molecule has 6 nitrogen and oxygen atoms in total. The minimum atomic E-state index is -0.744. The molecule has 0 radical (unpaired) electrons. The zero-order valence-corrected chi connectivity index (χ0v) is 14.6. The van der Waals surface area contributed by atoms with Crippen molar-refractivity contribution in [3.63, 3.8) is 0 Å². The third-order valence-corrected chi connectivity index (χ3v) is 3.27. The molecular formula is C17H26N2O4. The van der Waals surface area contributed by atoms with Gasteiger partial charge in [0, 0.05) is 7.05 Å². The van der Waals surface area contributed by atoms with E-state index >= 15 is 0 Å². The molecule has 0 bridgehead atoms. The number of ether oxygens (including phenoxy) is 2. The molecule has 6 heteroatoms. The number of carbonyl (C=O) groups is 2. The number of carbonyl (C=O) groups excluding carboxylic acids is 2. The van der Waals surface area contributed by atoms with Crippen LogP contribution in [0.3, 0.4) is 0 Å². The highest BCUT2D eigenvalue weighted by atomic mass is 16.7. The summed E-state index contributed by atoms with van der Waals surface area (Å²) in [6, 6.07) is 2.86. The fourth-order valence-electron chi connectivity index (χ4n) is 2.20. The molecule has 1 rings (SSSR count). The number of likely N-dealkylation sites (N-methyl/N-ethyl adjacent to an activating group) is 1. The summed E-state index contributed by atoms with van der Waals surface area (Å²) in [5, 5.41) is 2.53. The summed E-state index contributed by atoms with van der Waals surface area (Å²) in [7, 11) is 1.56. The maximum atomic E-state index is 11.7.